The van der Waals surface area contributed by atoms with Crippen molar-refractivity contribution in [3.05, 3.63) is 11.4 Å². The molecule has 1 amide bonds. The van der Waals surface area contributed by atoms with E-state index in [9.17, 15) is 18.0 Å². The van der Waals surface area contributed by atoms with Crippen LogP contribution >= 0.6 is 11.8 Å². The number of aromatic nitrogens is 2. The van der Waals surface area contributed by atoms with Gasteiger partial charge in [-0.2, -0.15) is 18.3 Å². The molecule has 5 nitrogen and oxygen atoms in total. The molecule has 0 saturated carbocycles. The number of nitrogen functional groups attached to an aromatic ring is 1. The Morgan fingerprint density at radius 1 is 1.53 bits per heavy atom. The number of thioether (sulfide) groups is 1. The summed E-state index contributed by atoms with van der Waals surface area (Å²) in [6.45, 7) is 3.83. The van der Waals surface area contributed by atoms with E-state index < -0.39 is 11.4 Å². The molecule has 9 heteroatoms. The second kappa shape index (κ2) is 6.18. The molecule has 108 valence electrons. The van der Waals surface area contributed by atoms with Gasteiger partial charge in [-0.15, -0.1) is 0 Å². The van der Waals surface area contributed by atoms with Gasteiger partial charge in [0.1, 0.15) is 5.69 Å². The van der Waals surface area contributed by atoms with Gasteiger partial charge < -0.3 is 11.1 Å². The van der Waals surface area contributed by atoms with Crippen molar-refractivity contribution in [2.45, 2.75) is 25.9 Å². The molecule has 1 rings (SSSR count). The van der Waals surface area contributed by atoms with E-state index >= 15 is 0 Å². The van der Waals surface area contributed by atoms with E-state index in [1.807, 2.05) is 0 Å². The van der Waals surface area contributed by atoms with Gasteiger partial charge in [-0.1, -0.05) is 0 Å². The summed E-state index contributed by atoms with van der Waals surface area (Å²) < 4.78 is 37.1. The fraction of sp³-hybridized carbons (Fsp3) is 0.600. The summed E-state index contributed by atoms with van der Waals surface area (Å²) in [5, 5.41) is 6.46. The number of alkyl halides is 3. The molecule has 0 aliphatic heterocycles. The number of anilines is 1. The first-order valence-electron chi connectivity index (χ1n) is 5.58. The molecule has 0 atom stereocenters. The van der Waals surface area contributed by atoms with E-state index in [0.717, 1.165) is 0 Å². The normalized spacial score (nSPS) is 11.6. The van der Waals surface area contributed by atoms with Crippen LogP contribution in [-0.4, -0.2) is 33.5 Å². The van der Waals surface area contributed by atoms with E-state index in [1.165, 1.54) is 4.68 Å². The molecule has 0 bridgehead atoms. The van der Waals surface area contributed by atoms with Crippen molar-refractivity contribution >= 4 is 23.4 Å². The summed E-state index contributed by atoms with van der Waals surface area (Å²) in [4.78, 5) is 11.8. The van der Waals surface area contributed by atoms with Gasteiger partial charge in [0.15, 0.2) is 0 Å². The van der Waals surface area contributed by atoms with Crippen molar-refractivity contribution in [2.24, 2.45) is 0 Å². The first-order valence-corrected chi connectivity index (χ1v) is 6.56. The summed E-state index contributed by atoms with van der Waals surface area (Å²) in [5.74, 6) is -0.753. The van der Waals surface area contributed by atoms with E-state index in [-0.39, 0.29) is 35.4 Å². The first kappa shape index (κ1) is 15.7. The number of nitrogens with zero attached hydrogens (tertiary/aromatic N) is 2. The fourth-order valence-electron chi connectivity index (χ4n) is 1.48. The zero-order valence-corrected chi connectivity index (χ0v) is 11.4. The number of rotatable bonds is 5. The maximum atomic E-state index is 11.9. The molecule has 3 N–H and O–H groups in total. The predicted octanol–water partition coefficient (Wildman–Crippen LogP) is 1.78. The fourth-order valence-corrected chi connectivity index (χ4v) is 1.91. The molecule has 0 aromatic carbocycles. The molecule has 0 radical (unpaired) electrons. The molecule has 0 unspecified atom stereocenters. The van der Waals surface area contributed by atoms with Crippen LogP contribution in [0, 0.1) is 6.92 Å². The van der Waals surface area contributed by atoms with Gasteiger partial charge in [0.05, 0.1) is 11.4 Å². The molecule has 1 heterocycles. The van der Waals surface area contributed by atoms with Crippen LogP contribution < -0.4 is 11.1 Å². The van der Waals surface area contributed by atoms with E-state index in [0.29, 0.717) is 12.2 Å². The van der Waals surface area contributed by atoms with Gasteiger partial charge in [0, 0.05) is 18.8 Å². The molecular weight excluding hydrogens is 281 g/mol. The van der Waals surface area contributed by atoms with Gasteiger partial charge in [-0.25, -0.2) is 0 Å². The lowest BCUT2D eigenvalue weighted by Crippen LogP contribution is -2.29. The highest BCUT2D eigenvalue weighted by Gasteiger charge is 2.27. The number of nitrogens with two attached hydrogens (primary N) is 1. The molecule has 1 aromatic heterocycles. The number of halogens is 3. The summed E-state index contributed by atoms with van der Waals surface area (Å²) >= 11 is -0.178. The Hall–Kier alpha value is -1.38. The van der Waals surface area contributed by atoms with Crippen molar-refractivity contribution < 1.29 is 18.0 Å². The van der Waals surface area contributed by atoms with Gasteiger partial charge in [0.2, 0.25) is 0 Å². The number of amides is 1. The Bertz CT molecular complexity index is 458. The lowest BCUT2D eigenvalue weighted by atomic mass is 10.3. The number of hydrogen-bond donors (Lipinski definition) is 2. The van der Waals surface area contributed by atoms with Gasteiger partial charge in [-0.05, 0) is 25.6 Å². The molecule has 0 aliphatic carbocycles. The maximum absolute atomic E-state index is 11.9. The molecule has 0 aliphatic rings. The maximum Gasteiger partial charge on any atom is 0.441 e. The molecular formula is C10H15F3N4OS. The number of carbonyl (C=O) groups excluding carboxylic acids is 1. The molecule has 0 fully saturated rings. The minimum atomic E-state index is -4.29. The Kier molecular flexibility index (Phi) is 5.10. The van der Waals surface area contributed by atoms with Gasteiger partial charge >= 0.3 is 5.51 Å². The van der Waals surface area contributed by atoms with Crippen LogP contribution in [0.4, 0.5) is 18.9 Å². The predicted molar refractivity (Wildman–Crippen MR) is 67.9 cm³/mol. The summed E-state index contributed by atoms with van der Waals surface area (Å²) in [6, 6.07) is 0. The SMILES string of the molecule is CCn1nc(C)c(N)c1C(=O)NCCSC(F)(F)F. The highest BCUT2D eigenvalue weighted by atomic mass is 32.2. The smallest absolute Gasteiger partial charge is 0.395 e. The number of nitrogens with one attached hydrogen (secondary N) is 1. The quantitative estimate of drug-likeness (QED) is 0.812. The largest absolute Gasteiger partial charge is 0.441 e. The topological polar surface area (TPSA) is 72.9 Å². The molecule has 1 aromatic rings. The average Bonchev–Trinajstić information content (AvgIpc) is 2.59. The van der Waals surface area contributed by atoms with Crippen molar-refractivity contribution in [3.63, 3.8) is 0 Å². The number of carbonyl (C=O) groups is 1. The van der Waals surface area contributed by atoms with Gasteiger partial charge in [-0.3, -0.25) is 9.48 Å². The zero-order valence-electron chi connectivity index (χ0n) is 10.5. The Morgan fingerprint density at radius 3 is 2.68 bits per heavy atom. The van der Waals surface area contributed by atoms with Gasteiger partial charge in [0.25, 0.3) is 5.91 Å². The minimum absolute atomic E-state index is 0.0869. The third-order valence-electron chi connectivity index (χ3n) is 2.34. The Morgan fingerprint density at radius 2 is 2.16 bits per heavy atom. The van der Waals surface area contributed by atoms with Crippen LogP contribution in [0.15, 0.2) is 0 Å². The average molecular weight is 296 g/mol. The number of hydrogen-bond acceptors (Lipinski definition) is 4. The van der Waals surface area contributed by atoms with Crippen LogP contribution in [-0.2, 0) is 6.54 Å². The van der Waals surface area contributed by atoms with Crippen molar-refractivity contribution in [2.75, 3.05) is 18.0 Å². The molecule has 19 heavy (non-hydrogen) atoms. The third-order valence-corrected chi connectivity index (χ3v) is 3.08. The summed E-state index contributed by atoms with van der Waals surface area (Å²) in [5.41, 5.74) is 2.41. The van der Waals surface area contributed by atoms with Crippen LogP contribution in [0.2, 0.25) is 0 Å². The lowest BCUT2D eigenvalue weighted by Gasteiger charge is -2.08. The second-order valence-corrected chi connectivity index (χ2v) is 4.87. The van der Waals surface area contributed by atoms with E-state index in [1.54, 1.807) is 13.8 Å². The Labute approximate surface area is 112 Å². The Balaban J connectivity index is 2.59. The second-order valence-electron chi connectivity index (χ2n) is 3.71. The zero-order chi connectivity index (χ0) is 14.6. The van der Waals surface area contributed by atoms with Crippen molar-refractivity contribution in [1.29, 1.82) is 0 Å². The minimum Gasteiger partial charge on any atom is -0.395 e. The van der Waals surface area contributed by atoms with E-state index in [4.69, 9.17) is 5.73 Å². The first-order chi connectivity index (χ1) is 8.76. The standard InChI is InChI=1S/C10H15F3N4OS/c1-3-17-8(7(14)6(2)16-17)9(18)15-4-5-19-10(11,12)13/h3-5,14H2,1-2H3,(H,15,18). The number of aryl methyl sites for hydroxylation is 2. The van der Waals surface area contributed by atoms with Crippen LogP contribution in [0.3, 0.4) is 0 Å². The van der Waals surface area contributed by atoms with E-state index in [2.05, 4.69) is 10.4 Å². The molecule has 0 saturated heterocycles. The third kappa shape index (κ3) is 4.34. The highest BCUT2D eigenvalue weighted by Crippen LogP contribution is 2.29. The van der Waals surface area contributed by atoms with Crippen molar-refractivity contribution in [3.8, 4) is 0 Å². The summed E-state index contributed by atoms with van der Waals surface area (Å²) in [7, 11) is 0. The lowest BCUT2D eigenvalue weighted by molar-refractivity contribution is -0.0327. The van der Waals surface area contributed by atoms with Crippen LogP contribution in [0.5, 0.6) is 0 Å². The molecule has 0 spiro atoms. The van der Waals surface area contributed by atoms with Crippen molar-refractivity contribution in [1.82, 2.24) is 15.1 Å². The van der Waals surface area contributed by atoms with Crippen LogP contribution in [0.1, 0.15) is 23.1 Å². The summed E-state index contributed by atoms with van der Waals surface area (Å²) in [6.07, 6.45) is 0. The van der Waals surface area contributed by atoms with Crippen LogP contribution in [0.25, 0.3) is 0 Å². The highest BCUT2D eigenvalue weighted by molar-refractivity contribution is 8.00. The monoisotopic (exact) mass is 296 g/mol.